The third-order valence-corrected chi connectivity index (χ3v) is 4.56. The van der Waals surface area contributed by atoms with E-state index in [1.807, 2.05) is 49.8 Å². The van der Waals surface area contributed by atoms with Gasteiger partial charge in [-0.25, -0.2) is 0 Å². The molecule has 2 N–H and O–H groups in total. The van der Waals surface area contributed by atoms with Crippen molar-refractivity contribution in [1.82, 2.24) is 20.1 Å². The molecule has 1 aliphatic rings. The third-order valence-electron chi connectivity index (χ3n) is 4.56. The number of hydrogen-bond donors (Lipinski definition) is 2. The van der Waals surface area contributed by atoms with Gasteiger partial charge in [-0.15, -0.1) is 0 Å². The number of aromatic nitrogens is 3. The molecule has 2 atom stereocenters. The summed E-state index contributed by atoms with van der Waals surface area (Å²) < 4.78 is 1.77. The van der Waals surface area contributed by atoms with Crippen LogP contribution in [0.4, 0.5) is 5.69 Å². The maximum Gasteiger partial charge on any atom is 0.229 e. The Labute approximate surface area is 139 Å². The van der Waals surface area contributed by atoms with E-state index in [9.17, 15) is 4.79 Å². The summed E-state index contributed by atoms with van der Waals surface area (Å²) in [6.45, 7) is 1.46. The second kappa shape index (κ2) is 6.05. The highest BCUT2D eigenvalue weighted by Crippen LogP contribution is 2.29. The van der Waals surface area contributed by atoms with Crippen molar-refractivity contribution in [3.8, 4) is 0 Å². The van der Waals surface area contributed by atoms with Crippen LogP contribution in [0.1, 0.15) is 11.5 Å². The molecule has 0 radical (unpaired) electrons. The highest BCUT2D eigenvalue weighted by Gasteiger charge is 2.34. The zero-order valence-corrected chi connectivity index (χ0v) is 13.4. The van der Waals surface area contributed by atoms with E-state index in [4.69, 9.17) is 0 Å². The zero-order valence-electron chi connectivity index (χ0n) is 13.4. The molecule has 1 aliphatic heterocycles. The van der Waals surface area contributed by atoms with E-state index in [2.05, 4.69) is 20.7 Å². The predicted octanol–water partition coefficient (Wildman–Crippen LogP) is 1.91. The van der Waals surface area contributed by atoms with Gasteiger partial charge in [0.15, 0.2) is 0 Å². The number of anilines is 1. The lowest BCUT2D eigenvalue weighted by molar-refractivity contribution is -0.119. The number of hydrogen-bond acceptors (Lipinski definition) is 4. The van der Waals surface area contributed by atoms with Gasteiger partial charge in [-0.1, -0.05) is 18.2 Å². The fourth-order valence-electron chi connectivity index (χ4n) is 3.31. The summed E-state index contributed by atoms with van der Waals surface area (Å²) in [6.07, 6.45) is 5.53. The number of aryl methyl sites for hydroxylation is 1. The van der Waals surface area contributed by atoms with Gasteiger partial charge < -0.3 is 10.6 Å². The van der Waals surface area contributed by atoms with Crippen molar-refractivity contribution in [2.75, 3.05) is 18.4 Å². The Morgan fingerprint density at radius 3 is 3.00 bits per heavy atom. The molecule has 1 aromatic carbocycles. The number of nitrogens with one attached hydrogen (secondary N) is 2. The smallest absolute Gasteiger partial charge is 0.229 e. The highest BCUT2D eigenvalue weighted by atomic mass is 16.2. The van der Waals surface area contributed by atoms with Gasteiger partial charge in [0.05, 0.1) is 29.5 Å². The molecule has 3 aromatic rings. The van der Waals surface area contributed by atoms with E-state index in [0.29, 0.717) is 6.54 Å². The minimum absolute atomic E-state index is 0.0194. The van der Waals surface area contributed by atoms with Crippen LogP contribution in [0.2, 0.25) is 0 Å². The maximum absolute atomic E-state index is 12.7. The molecule has 0 aliphatic carbocycles. The van der Waals surface area contributed by atoms with Crippen molar-refractivity contribution in [2.24, 2.45) is 13.0 Å². The molecule has 24 heavy (non-hydrogen) atoms. The predicted molar refractivity (Wildman–Crippen MR) is 92.7 cm³/mol. The lowest BCUT2D eigenvalue weighted by atomic mass is 9.90. The third kappa shape index (κ3) is 2.76. The minimum Gasteiger partial charge on any atom is -0.324 e. The number of fused-ring (bicyclic) bond motifs is 1. The molecule has 1 amide bonds. The van der Waals surface area contributed by atoms with Crippen LogP contribution < -0.4 is 10.6 Å². The van der Waals surface area contributed by atoms with Gasteiger partial charge in [0.2, 0.25) is 5.91 Å². The first-order valence-electron chi connectivity index (χ1n) is 8.05. The minimum atomic E-state index is -0.110. The van der Waals surface area contributed by atoms with Crippen molar-refractivity contribution >= 4 is 22.5 Å². The van der Waals surface area contributed by atoms with Crippen LogP contribution in [0, 0.1) is 5.92 Å². The molecule has 3 heterocycles. The van der Waals surface area contributed by atoms with Crippen molar-refractivity contribution in [2.45, 2.75) is 5.92 Å². The molecule has 1 saturated heterocycles. The van der Waals surface area contributed by atoms with E-state index < -0.39 is 0 Å². The fourth-order valence-corrected chi connectivity index (χ4v) is 3.31. The first kappa shape index (κ1) is 14.8. The topological polar surface area (TPSA) is 71.8 Å². The lowest BCUT2D eigenvalue weighted by Gasteiger charge is -2.17. The number of carbonyl (C=O) groups excluding carboxylic acids is 1. The van der Waals surface area contributed by atoms with Gasteiger partial charge in [-0.2, -0.15) is 5.10 Å². The summed E-state index contributed by atoms with van der Waals surface area (Å²) in [5.74, 6) is 0.0544. The second-order valence-corrected chi connectivity index (χ2v) is 6.22. The van der Waals surface area contributed by atoms with E-state index in [-0.39, 0.29) is 17.7 Å². The van der Waals surface area contributed by atoms with Gasteiger partial charge in [-0.3, -0.25) is 14.5 Å². The van der Waals surface area contributed by atoms with Gasteiger partial charge in [0.1, 0.15) is 0 Å². The van der Waals surface area contributed by atoms with E-state index in [1.165, 1.54) is 0 Å². The molecule has 2 aromatic heterocycles. The van der Waals surface area contributed by atoms with Gasteiger partial charge in [0, 0.05) is 37.6 Å². The van der Waals surface area contributed by atoms with Crippen LogP contribution in [-0.2, 0) is 11.8 Å². The molecular formula is C18H19N5O. The lowest BCUT2D eigenvalue weighted by Crippen LogP contribution is -2.28. The van der Waals surface area contributed by atoms with Crippen LogP contribution in [0.5, 0.6) is 0 Å². The van der Waals surface area contributed by atoms with Crippen molar-refractivity contribution in [1.29, 1.82) is 0 Å². The Bertz CT molecular complexity index is 888. The van der Waals surface area contributed by atoms with E-state index >= 15 is 0 Å². The number of pyridine rings is 1. The number of amides is 1. The average Bonchev–Trinajstić information content (AvgIpc) is 3.23. The Balaban J connectivity index is 1.54. The summed E-state index contributed by atoms with van der Waals surface area (Å²) in [5.41, 5.74) is 2.75. The largest absolute Gasteiger partial charge is 0.324 e. The molecule has 4 rings (SSSR count). The highest BCUT2D eigenvalue weighted by molar-refractivity contribution is 5.95. The van der Waals surface area contributed by atoms with Crippen LogP contribution in [0.3, 0.4) is 0 Å². The van der Waals surface area contributed by atoms with Gasteiger partial charge in [0.25, 0.3) is 0 Å². The SMILES string of the molecule is Cn1cc([C@H]2CNC[C@@H]2C(=O)Nc2cnc3ccccc3c2)cn1. The van der Waals surface area contributed by atoms with Gasteiger partial charge >= 0.3 is 0 Å². The molecular weight excluding hydrogens is 302 g/mol. The number of benzene rings is 1. The Morgan fingerprint density at radius 2 is 2.17 bits per heavy atom. The zero-order chi connectivity index (χ0) is 16.5. The summed E-state index contributed by atoms with van der Waals surface area (Å²) in [4.78, 5) is 17.1. The van der Waals surface area contributed by atoms with Crippen molar-refractivity contribution < 1.29 is 4.79 Å². The monoisotopic (exact) mass is 321 g/mol. The van der Waals surface area contributed by atoms with E-state index in [0.717, 1.165) is 28.7 Å². The first-order chi connectivity index (χ1) is 11.7. The number of para-hydroxylation sites is 1. The van der Waals surface area contributed by atoms with Crippen LogP contribution in [0.25, 0.3) is 10.9 Å². The fraction of sp³-hybridized carbons (Fsp3) is 0.278. The Kier molecular flexibility index (Phi) is 3.74. The molecule has 0 unspecified atom stereocenters. The van der Waals surface area contributed by atoms with Crippen LogP contribution in [0.15, 0.2) is 48.9 Å². The summed E-state index contributed by atoms with van der Waals surface area (Å²) in [7, 11) is 1.89. The molecule has 6 heteroatoms. The molecule has 0 saturated carbocycles. The molecule has 1 fully saturated rings. The standard InChI is InChI=1S/C18H19N5O/c1-23-11-13(7-21-23)15-9-19-10-16(15)18(24)22-14-6-12-4-2-3-5-17(12)20-8-14/h2-8,11,15-16,19H,9-10H2,1H3,(H,22,24)/t15-,16+/m1/s1. The van der Waals surface area contributed by atoms with Crippen molar-refractivity contribution in [3.63, 3.8) is 0 Å². The first-order valence-corrected chi connectivity index (χ1v) is 8.05. The summed E-state index contributed by atoms with van der Waals surface area (Å²) in [5, 5.41) is 11.6. The summed E-state index contributed by atoms with van der Waals surface area (Å²) in [6, 6.07) is 9.83. The van der Waals surface area contributed by atoms with Crippen LogP contribution >= 0.6 is 0 Å². The van der Waals surface area contributed by atoms with Crippen molar-refractivity contribution in [3.05, 3.63) is 54.5 Å². The Morgan fingerprint density at radius 1 is 1.29 bits per heavy atom. The Hall–Kier alpha value is -2.73. The van der Waals surface area contributed by atoms with E-state index in [1.54, 1.807) is 10.9 Å². The maximum atomic E-state index is 12.7. The molecule has 6 nitrogen and oxygen atoms in total. The number of rotatable bonds is 3. The molecule has 122 valence electrons. The summed E-state index contributed by atoms with van der Waals surface area (Å²) >= 11 is 0. The second-order valence-electron chi connectivity index (χ2n) is 6.22. The quantitative estimate of drug-likeness (QED) is 0.773. The average molecular weight is 321 g/mol. The molecule has 0 bridgehead atoms. The number of nitrogens with zero attached hydrogens (tertiary/aromatic N) is 3. The normalized spacial score (nSPS) is 20.4. The van der Waals surface area contributed by atoms with Gasteiger partial charge in [-0.05, 0) is 17.7 Å². The number of carbonyl (C=O) groups is 1. The molecule has 0 spiro atoms. The van der Waals surface area contributed by atoms with Crippen LogP contribution in [-0.4, -0.2) is 33.8 Å².